The molecule has 23 heavy (non-hydrogen) atoms. The van der Waals surface area contributed by atoms with Crippen LogP contribution >= 0.6 is 11.3 Å². The highest BCUT2D eigenvalue weighted by atomic mass is 32.1. The Morgan fingerprint density at radius 1 is 1.00 bits per heavy atom. The lowest BCUT2D eigenvalue weighted by atomic mass is 10.2. The van der Waals surface area contributed by atoms with Crippen molar-refractivity contribution in [3.8, 4) is 16.3 Å². The van der Waals surface area contributed by atoms with E-state index in [1.807, 2.05) is 0 Å². The number of hydrogen-bond acceptors (Lipinski definition) is 5. The first-order chi connectivity index (χ1) is 10.9. The third-order valence-corrected chi connectivity index (χ3v) is 3.87. The van der Waals surface area contributed by atoms with E-state index in [1.165, 1.54) is 35.6 Å². The molecule has 0 aliphatic heterocycles. The Morgan fingerprint density at radius 3 is 2.43 bits per heavy atom. The van der Waals surface area contributed by atoms with Crippen LogP contribution in [0.1, 0.15) is 5.56 Å². The van der Waals surface area contributed by atoms with Gasteiger partial charge in [0.25, 0.3) is 0 Å². The van der Waals surface area contributed by atoms with Gasteiger partial charge in [-0.25, -0.2) is 0 Å². The molecular formula is C15H10F3N3OS. The fourth-order valence-corrected chi connectivity index (χ4v) is 2.66. The number of anilines is 2. The molecule has 8 heteroatoms. The number of aromatic hydroxyl groups is 1. The molecule has 3 rings (SSSR count). The highest BCUT2D eigenvalue weighted by molar-refractivity contribution is 7.18. The third kappa shape index (κ3) is 3.59. The van der Waals surface area contributed by atoms with Gasteiger partial charge in [-0.3, -0.25) is 0 Å². The van der Waals surface area contributed by atoms with Crippen molar-refractivity contribution in [3.63, 3.8) is 0 Å². The molecule has 0 spiro atoms. The molecule has 0 saturated carbocycles. The van der Waals surface area contributed by atoms with Crippen LogP contribution in [0, 0.1) is 0 Å². The molecule has 0 aliphatic carbocycles. The van der Waals surface area contributed by atoms with Crippen LogP contribution in [0.5, 0.6) is 5.75 Å². The van der Waals surface area contributed by atoms with Gasteiger partial charge in [-0.15, -0.1) is 10.2 Å². The molecule has 1 heterocycles. The topological polar surface area (TPSA) is 58.0 Å². The summed E-state index contributed by atoms with van der Waals surface area (Å²) in [5, 5.41) is 21.0. The largest absolute Gasteiger partial charge is 0.508 e. The van der Waals surface area contributed by atoms with Crippen molar-refractivity contribution in [2.24, 2.45) is 0 Å². The lowest BCUT2D eigenvalue weighted by Gasteiger charge is -2.08. The number of rotatable bonds is 3. The smallest absolute Gasteiger partial charge is 0.416 e. The van der Waals surface area contributed by atoms with Crippen molar-refractivity contribution < 1.29 is 18.3 Å². The summed E-state index contributed by atoms with van der Waals surface area (Å²) >= 11 is 1.20. The van der Waals surface area contributed by atoms with Crippen molar-refractivity contribution in [2.75, 3.05) is 5.32 Å². The summed E-state index contributed by atoms with van der Waals surface area (Å²) in [4.78, 5) is 0. The minimum absolute atomic E-state index is 0.139. The maximum atomic E-state index is 12.7. The van der Waals surface area contributed by atoms with Gasteiger partial charge < -0.3 is 10.4 Å². The van der Waals surface area contributed by atoms with Crippen molar-refractivity contribution >= 4 is 22.2 Å². The first-order valence-corrected chi connectivity index (χ1v) is 7.31. The monoisotopic (exact) mass is 337 g/mol. The number of phenolic OH excluding ortho intramolecular Hbond substituents is 1. The predicted octanol–water partition coefficient (Wildman–Crippen LogP) is 4.67. The molecule has 0 saturated heterocycles. The summed E-state index contributed by atoms with van der Waals surface area (Å²) < 4.78 is 38.1. The van der Waals surface area contributed by atoms with Crippen LogP contribution in [-0.2, 0) is 6.18 Å². The van der Waals surface area contributed by atoms with Gasteiger partial charge in [0.15, 0.2) is 0 Å². The van der Waals surface area contributed by atoms with E-state index in [4.69, 9.17) is 0 Å². The minimum atomic E-state index is -4.39. The van der Waals surface area contributed by atoms with E-state index in [0.717, 1.165) is 17.7 Å². The number of phenols is 1. The predicted molar refractivity (Wildman–Crippen MR) is 81.7 cm³/mol. The Morgan fingerprint density at radius 2 is 1.74 bits per heavy atom. The second kappa shape index (κ2) is 5.88. The molecule has 3 aromatic rings. The zero-order valence-corrected chi connectivity index (χ0v) is 12.3. The number of alkyl halides is 3. The molecule has 2 N–H and O–H groups in total. The van der Waals surface area contributed by atoms with Crippen molar-refractivity contribution in [1.29, 1.82) is 0 Å². The molecule has 4 nitrogen and oxygen atoms in total. The number of halogens is 3. The molecule has 0 aliphatic rings. The Labute approximate surface area is 133 Å². The van der Waals surface area contributed by atoms with Crippen LogP contribution in [-0.4, -0.2) is 15.3 Å². The standard InChI is InChI=1S/C15H10F3N3OS/c16-15(17,18)10-2-1-3-11(8-10)19-14-21-20-13(23-14)9-4-6-12(22)7-5-9/h1-8,22H,(H,19,21). The van der Waals surface area contributed by atoms with Gasteiger partial charge in [-0.05, 0) is 42.5 Å². The number of aromatic nitrogens is 2. The molecular weight excluding hydrogens is 327 g/mol. The van der Waals surface area contributed by atoms with Gasteiger partial charge in [0.1, 0.15) is 10.8 Å². The summed E-state index contributed by atoms with van der Waals surface area (Å²) in [5.74, 6) is 0.139. The van der Waals surface area contributed by atoms with Crippen LogP contribution in [0.2, 0.25) is 0 Å². The molecule has 2 aromatic carbocycles. The van der Waals surface area contributed by atoms with Crippen molar-refractivity contribution in [1.82, 2.24) is 10.2 Å². The number of nitrogens with zero attached hydrogens (tertiary/aromatic N) is 2. The molecule has 0 amide bonds. The zero-order valence-electron chi connectivity index (χ0n) is 11.5. The van der Waals surface area contributed by atoms with Crippen LogP contribution in [0.3, 0.4) is 0 Å². The first kappa shape index (κ1) is 15.3. The number of benzene rings is 2. The average molecular weight is 337 g/mol. The summed E-state index contributed by atoms with van der Waals surface area (Å²) in [6.07, 6.45) is -4.39. The van der Waals surface area contributed by atoms with E-state index < -0.39 is 11.7 Å². The second-order valence-corrected chi connectivity index (χ2v) is 5.64. The molecule has 1 aromatic heterocycles. The quantitative estimate of drug-likeness (QED) is 0.729. The fourth-order valence-electron chi connectivity index (χ4n) is 1.89. The Kier molecular flexibility index (Phi) is 3.91. The summed E-state index contributed by atoms with van der Waals surface area (Å²) in [7, 11) is 0. The van der Waals surface area contributed by atoms with E-state index in [9.17, 15) is 18.3 Å². The number of hydrogen-bond donors (Lipinski definition) is 2. The molecule has 0 bridgehead atoms. The van der Waals surface area contributed by atoms with Crippen molar-refractivity contribution in [2.45, 2.75) is 6.18 Å². The van der Waals surface area contributed by atoms with Gasteiger partial charge in [0, 0.05) is 11.3 Å². The van der Waals surface area contributed by atoms with Crippen LogP contribution in [0.25, 0.3) is 10.6 Å². The van der Waals surface area contributed by atoms with E-state index in [1.54, 1.807) is 12.1 Å². The average Bonchev–Trinajstić information content (AvgIpc) is 2.96. The Hall–Kier alpha value is -2.61. The second-order valence-electron chi connectivity index (χ2n) is 4.66. The van der Waals surface area contributed by atoms with Gasteiger partial charge in [0.05, 0.1) is 5.56 Å². The van der Waals surface area contributed by atoms with E-state index in [2.05, 4.69) is 15.5 Å². The molecule has 0 unspecified atom stereocenters. The van der Waals surface area contributed by atoms with Gasteiger partial charge in [0.2, 0.25) is 5.13 Å². The van der Waals surface area contributed by atoms with Crippen LogP contribution in [0.4, 0.5) is 24.0 Å². The lowest BCUT2D eigenvalue weighted by molar-refractivity contribution is -0.137. The highest BCUT2D eigenvalue weighted by Gasteiger charge is 2.30. The maximum Gasteiger partial charge on any atom is 0.416 e. The fraction of sp³-hybridized carbons (Fsp3) is 0.0667. The molecule has 0 atom stereocenters. The van der Waals surface area contributed by atoms with Crippen LogP contribution in [0.15, 0.2) is 48.5 Å². The summed E-state index contributed by atoms with van der Waals surface area (Å²) in [6, 6.07) is 11.3. The third-order valence-electron chi connectivity index (χ3n) is 2.98. The highest BCUT2D eigenvalue weighted by Crippen LogP contribution is 2.33. The maximum absolute atomic E-state index is 12.7. The minimum Gasteiger partial charge on any atom is -0.508 e. The first-order valence-electron chi connectivity index (χ1n) is 6.49. The van der Waals surface area contributed by atoms with Gasteiger partial charge in [-0.2, -0.15) is 13.2 Å². The van der Waals surface area contributed by atoms with E-state index >= 15 is 0 Å². The van der Waals surface area contributed by atoms with E-state index in [-0.39, 0.29) is 11.4 Å². The van der Waals surface area contributed by atoms with Crippen molar-refractivity contribution in [3.05, 3.63) is 54.1 Å². The summed E-state index contributed by atoms with van der Waals surface area (Å²) in [6.45, 7) is 0. The SMILES string of the molecule is Oc1ccc(-c2nnc(Nc3cccc(C(F)(F)F)c3)s2)cc1. The normalized spacial score (nSPS) is 11.4. The Bertz CT molecular complexity index is 815. The molecule has 0 fully saturated rings. The number of nitrogens with one attached hydrogen (secondary N) is 1. The zero-order chi connectivity index (χ0) is 16.4. The molecule has 0 radical (unpaired) electrons. The van der Waals surface area contributed by atoms with Crippen LogP contribution < -0.4 is 5.32 Å². The Balaban J connectivity index is 1.81. The summed E-state index contributed by atoms with van der Waals surface area (Å²) in [5.41, 5.74) is 0.316. The van der Waals surface area contributed by atoms with Gasteiger partial charge in [-0.1, -0.05) is 17.4 Å². The van der Waals surface area contributed by atoms with E-state index in [0.29, 0.717) is 10.1 Å². The lowest BCUT2D eigenvalue weighted by Crippen LogP contribution is -2.05. The molecule has 118 valence electrons. The van der Waals surface area contributed by atoms with Gasteiger partial charge >= 0.3 is 6.18 Å².